The molecular formula is C9H19NS2Zn. The van der Waals surface area contributed by atoms with Gasteiger partial charge in [0.05, 0.1) is 0 Å². The van der Waals surface area contributed by atoms with E-state index in [9.17, 15) is 0 Å². The summed E-state index contributed by atoms with van der Waals surface area (Å²) in [5, 5.41) is 1.49. The largest absolute Gasteiger partial charge is 0.415 e. The number of rotatable bonds is 6. The fraction of sp³-hybridized carbons (Fsp3) is 0.889. The zero-order chi connectivity index (χ0) is 10.5. The molecule has 0 aromatic heterocycles. The molecule has 0 bridgehead atoms. The fourth-order valence-electron chi connectivity index (χ4n) is 0.957. The Hall–Kier alpha value is 0.733. The van der Waals surface area contributed by atoms with Crippen molar-refractivity contribution in [1.82, 2.24) is 0 Å². The van der Waals surface area contributed by atoms with E-state index in [0.717, 1.165) is 0 Å². The molecule has 4 heteroatoms. The van der Waals surface area contributed by atoms with E-state index in [0.29, 0.717) is 0 Å². The van der Waals surface area contributed by atoms with Gasteiger partial charge in [-0.15, -0.1) is 0 Å². The van der Waals surface area contributed by atoms with Gasteiger partial charge in [-0.2, -0.15) is 0 Å². The molecular weight excluding hydrogens is 252 g/mol. The van der Waals surface area contributed by atoms with E-state index in [1.165, 1.54) is 61.8 Å². The van der Waals surface area contributed by atoms with Crippen LogP contribution in [0.25, 0.3) is 0 Å². The summed E-state index contributed by atoms with van der Waals surface area (Å²) < 4.78 is 0.0833. The Bertz CT molecular complexity index is 99.8. The first-order valence-corrected chi connectivity index (χ1v) is 7.82. The van der Waals surface area contributed by atoms with Crippen molar-refractivity contribution in [3.05, 3.63) is 0 Å². The van der Waals surface area contributed by atoms with Gasteiger partial charge in [-0.25, -0.2) is 0 Å². The normalized spacial score (nSPS) is 8.85. The molecule has 0 atom stereocenters. The van der Waals surface area contributed by atoms with E-state index in [1.807, 2.05) is 0 Å². The third-order valence-corrected chi connectivity index (χ3v) is 2.65. The van der Waals surface area contributed by atoms with Gasteiger partial charge in [0, 0.05) is 0 Å². The molecule has 0 aliphatic rings. The van der Waals surface area contributed by atoms with Gasteiger partial charge in [-0.3, -0.25) is 0 Å². The molecule has 0 fully saturated rings. The monoisotopic (exact) mass is 269 g/mol. The predicted molar refractivity (Wildman–Crippen MR) is 62.3 cm³/mol. The summed E-state index contributed by atoms with van der Waals surface area (Å²) in [4.78, 5) is 0. The topological polar surface area (TPSA) is 26.0 Å². The van der Waals surface area contributed by atoms with Crippen molar-refractivity contribution in [3.8, 4) is 0 Å². The molecule has 0 aromatic rings. The molecule has 0 spiro atoms. The van der Waals surface area contributed by atoms with Crippen molar-refractivity contribution < 1.29 is 18.3 Å². The van der Waals surface area contributed by atoms with Crippen LogP contribution in [0.3, 0.4) is 0 Å². The summed E-state index contributed by atoms with van der Waals surface area (Å²) in [6.45, 7) is 2.27. The molecule has 74 valence electrons. The minimum atomic E-state index is 0.0833. The molecule has 0 amide bonds. The molecule has 0 aliphatic carbocycles. The second-order valence-electron chi connectivity index (χ2n) is 2.94. The molecule has 0 aliphatic heterocycles. The van der Waals surface area contributed by atoms with Crippen molar-refractivity contribution in [2.45, 2.75) is 50.5 Å². The Morgan fingerprint density at radius 1 is 1.23 bits per heavy atom. The maximum atomic E-state index is 4.66. The van der Waals surface area contributed by atoms with Crippen LogP contribution in [0.2, 0.25) is 5.02 Å². The van der Waals surface area contributed by atoms with Crippen molar-refractivity contribution in [2.24, 2.45) is 5.73 Å². The van der Waals surface area contributed by atoms with Gasteiger partial charge in [-0.1, -0.05) is 4.32 Å². The predicted octanol–water partition coefficient (Wildman–Crippen LogP) is 3.09. The van der Waals surface area contributed by atoms with Crippen molar-refractivity contribution in [3.63, 3.8) is 0 Å². The Labute approximate surface area is 103 Å². The molecule has 0 aromatic carbocycles. The minimum Gasteiger partial charge on any atom is -0.415 e. The van der Waals surface area contributed by atoms with Crippen molar-refractivity contribution in [1.29, 1.82) is 0 Å². The van der Waals surface area contributed by atoms with Crippen LogP contribution in [0.15, 0.2) is 0 Å². The van der Waals surface area contributed by atoms with E-state index in [1.54, 1.807) is 0 Å². The number of unbranched alkanes of at least 4 members (excludes halogenated alkanes) is 5. The quantitative estimate of drug-likeness (QED) is 0.348. The average Bonchev–Trinajstić information content (AvgIpc) is 2.03. The Morgan fingerprint density at radius 2 is 1.62 bits per heavy atom. The van der Waals surface area contributed by atoms with Gasteiger partial charge in [0.1, 0.15) is 0 Å². The third-order valence-electron chi connectivity index (χ3n) is 1.60. The smallest absolute Gasteiger partial charge is 0.0708 e. The molecule has 0 saturated heterocycles. The Morgan fingerprint density at radius 3 is 2.00 bits per heavy atom. The number of hydrogen-bond acceptors (Lipinski definition) is 2. The molecule has 13 heavy (non-hydrogen) atoms. The van der Waals surface area contributed by atoms with Gasteiger partial charge in [0.2, 0.25) is 0 Å². The van der Waals surface area contributed by atoms with Gasteiger partial charge in [0.25, 0.3) is 0 Å². The van der Waals surface area contributed by atoms with Crippen LogP contribution in [0.4, 0.5) is 0 Å². The Kier molecular flexibility index (Phi) is 18.9. The van der Waals surface area contributed by atoms with E-state index in [-0.39, 0.29) is 4.32 Å². The van der Waals surface area contributed by atoms with Gasteiger partial charge in [-0.05, 0) is 0 Å². The summed E-state index contributed by atoms with van der Waals surface area (Å²) >= 11 is 9.75. The van der Waals surface area contributed by atoms with E-state index >= 15 is 0 Å². The zero-order valence-electron chi connectivity index (χ0n) is 8.55. The molecule has 0 saturated carbocycles. The van der Waals surface area contributed by atoms with Gasteiger partial charge < -0.3 is 30.6 Å². The van der Waals surface area contributed by atoms with Crippen LogP contribution < -0.4 is 5.73 Å². The fourth-order valence-corrected chi connectivity index (χ4v) is 1.70. The van der Waals surface area contributed by atoms with Crippen LogP contribution in [0.1, 0.15) is 45.4 Å². The van der Waals surface area contributed by atoms with Gasteiger partial charge >= 0.3 is 68.8 Å². The molecule has 0 unspecified atom stereocenters. The molecule has 0 rings (SSSR count). The number of hydrogen-bond donors (Lipinski definition) is 1. The first-order valence-electron chi connectivity index (χ1n) is 4.90. The SMILES string of the molecule is CCCCCCC[CH2][Zn+].NC(=S)[S-]. The standard InChI is InChI=1S/C8H17.CH3NS2.Zn/c1-3-5-7-8-6-4-2;2-1(3)4;/h1,3-8H2,2H3;(H3,2,3,4);/q;;+1/p-1. The first-order chi connectivity index (χ1) is 6.15. The molecule has 0 radical (unpaired) electrons. The summed E-state index contributed by atoms with van der Waals surface area (Å²) in [6, 6.07) is 0. The van der Waals surface area contributed by atoms with E-state index < -0.39 is 0 Å². The van der Waals surface area contributed by atoms with Crippen molar-refractivity contribution in [2.75, 3.05) is 0 Å². The van der Waals surface area contributed by atoms with Crippen molar-refractivity contribution >= 4 is 29.2 Å². The average molecular weight is 271 g/mol. The number of nitrogens with two attached hydrogens (primary N) is 1. The van der Waals surface area contributed by atoms with Crippen LogP contribution in [-0.4, -0.2) is 4.32 Å². The molecule has 1 nitrogen and oxygen atoms in total. The van der Waals surface area contributed by atoms with Crippen LogP contribution in [0, 0.1) is 0 Å². The van der Waals surface area contributed by atoms with Gasteiger partial charge in [0.15, 0.2) is 0 Å². The van der Waals surface area contributed by atoms with Crippen LogP contribution in [-0.2, 0) is 30.9 Å². The maximum Gasteiger partial charge on any atom is -0.0708 e. The molecule has 0 heterocycles. The van der Waals surface area contributed by atoms with Crippen LogP contribution in [0.5, 0.6) is 0 Å². The summed E-state index contributed by atoms with van der Waals surface area (Å²) in [6.07, 6.45) is 8.74. The summed E-state index contributed by atoms with van der Waals surface area (Å²) in [5.41, 5.74) is 4.66. The maximum absolute atomic E-state index is 4.66. The summed E-state index contributed by atoms with van der Waals surface area (Å²) in [7, 11) is 0. The van der Waals surface area contributed by atoms with E-state index in [2.05, 4.69) is 37.5 Å². The zero-order valence-corrected chi connectivity index (χ0v) is 13.2. The third kappa shape index (κ3) is 32.4. The van der Waals surface area contributed by atoms with Crippen LogP contribution >= 0.6 is 12.2 Å². The second-order valence-corrected chi connectivity index (χ2v) is 5.56. The Balaban J connectivity index is 0. The molecule has 2 N–H and O–H groups in total. The number of thiocarbonyl (C=S) groups is 1. The first kappa shape index (κ1) is 16.2. The van der Waals surface area contributed by atoms with E-state index in [4.69, 9.17) is 0 Å². The summed E-state index contributed by atoms with van der Waals surface area (Å²) in [5.74, 6) is 0. The second kappa shape index (κ2) is 15.2. The minimum absolute atomic E-state index is 0.0833.